The Labute approximate surface area is 113 Å². The van der Waals surface area contributed by atoms with Crippen molar-refractivity contribution in [3.05, 3.63) is 47.2 Å². The third kappa shape index (κ3) is 2.84. The van der Waals surface area contributed by atoms with Crippen molar-refractivity contribution in [3.63, 3.8) is 0 Å². The van der Waals surface area contributed by atoms with E-state index in [0.29, 0.717) is 11.3 Å². The second kappa shape index (κ2) is 5.69. The number of aryl methyl sites for hydroxylation is 1. The summed E-state index contributed by atoms with van der Waals surface area (Å²) in [6.07, 6.45) is 1.83. The van der Waals surface area contributed by atoms with Gasteiger partial charge in [0.15, 0.2) is 0 Å². The highest BCUT2D eigenvalue weighted by atomic mass is 16.7. The Kier molecular flexibility index (Phi) is 4.00. The number of nitrogens with zero attached hydrogens (tertiary/aromatic N) is 2. The summed E-state index contributed by atoms with van der Waals surface area (Å²) in [6, 6.07) is 7.89. The smallest absolute Gasteiger partial charge is 0.369 e. The Hall–Kier alpha value is -2.10. The molecule has 0 radical (unpaired) electrons. The standard InChI is InChI=1S/C15H18N2O2/c1-4-17(5-2)10-13-14(16-19-15(13)18)12-8-6-11(3)7-9-12/h6-10H,4-5H2,1-3H3/b13-10-. The molecule has 0 atom stereocenters. The lowest BCUT2D eigenvalue weighted by molar-refractivity contribution is -0.136. The van der Waals surface area contributed by atoms with Gasteiger partial charge in [-0.05, 0) is 20.8 Å². The van der Waals surface area contributed by atoms with Gasteiger partial charge in [-0.15, -0.1) is 0 Å². The Morgan fingerprint density at radius 1 is 1.21 bits per heavy atom. The van der Waals surface area contributed by atoms with Crippen LogP contribution in [0.1, 0.15) is 25.0 Å². The molecule has 0 N–H and O–H groups in total. The maximum absolute atomic E-state index is 11.8. The molecule has 1 aliphatic heterocycles. The maximum Gasteiger partial charge on any atom is 0.369 e. The monoisotopic (exact) mass is 258 g/mol. The van der Waals surface area contributed by atoms with Crippen LogP contribution in [0.25, 0.3) is 0 Å². The average molecular weight is 258 g/mol. The first-order valence-electron chi connectivity index (χ1n) is 6.48. The molecule has 2 rings (SSSR count). The van der Waals surface area contributed by atoms with Gasteiger partial charge in [-0.1, -0.05) is 35.0 Å². The SMILES string of the molecule is CCN(/C=C1\C(=O)ON=C1c1ccc(C)cc1)CC. The maximum atomic E-state index is 11.8. The molecule has 0 aromatic heterocycles. The largest absolute Gasteiger partial charge is 0.377 e. The molecule has 4 heteroatoms. The van der Waals surface area contributed by atoms with Crippen molar-refractivity contribution in [2.24, 2.45) is 5.16 Å². The van der Waals surface area contributed by atoms with Gasteiger partial charge in [0.1, 0.15) is 11.3 Å². The highest BCUT2D eigenvalue weighted by Gasteiger charge is 2.27. The molecule has 4 nitrogen and oxygen atoms in total. The lowest BCUT2D eigenvalue weighted by Gasteiger charge is -2.15. The van der Waals surface area contributed by atoms with Gasteiger partial charge in [-0.25, -0.2) is 4.79 Å². The van der Waals surface area contributed by atoms with Crippen LogP contribution in [-0.2, 0) is 9.63 Å². The van der Waals surface area contributed by atoms with Gasteiger partial charge in [0.05, 0.1) is 0 Å². The fourth-order valence-electron chi connectivity index (χ4n) is 1.90. The number of rotatable bonds is 4. The predicted molar refractivity (Wildman–Crippen MR) is 74.8 cm³/mol. The first kappa shape index (κ1) is 13.3. The molecule has 0 aliphatic carbocycles. The quantitative estimate of drug-likeness (QED) is 0.615. The molecule has 0 saturated carbocycles. The summed E-state index contributed by atoms with van der Waals surface area (Å²) in [5.41, 5.74) is 3.20. The summed E-state index contributed by atoms with van der Waals surface area (Å²) < 4.78 is 0. The molecule has 100 valence electrons. The van der Waals surface area contributed by atoms with E-state index >= 15 is 0 Å². The highest BCUT2D eigenvalue weighted by molar-refractivity contribution is 6.28. The summed E-state index contributed by atoms with van der Waals surface area (Å²) in [5.74, 6) is -0.387. The van der Waals surface area contributed by atoms with E-state index in [9.17, 15) is 4.79 Å². The predicted octanol–water partition coefficient (Wildman–Crippen LogP) is 2.48. The number of oxime groups is 1. The summed E-state index contributed by atoms with van der Waals surface area (Å²) in [5, 5.41) is 3.89. The molecule has 1 aromatic rings. The molecule has 0 saturated heterocycles. The second-order valence-corrected chi connectivity index (χ2v) is 4.45. The molecule has 0 fully saturated rings. The summed E-state index contributed by atoms with van der Waals surface area (Å²) >= 11 is 0. The van der Waals surface area contributed by atoms with E-state index in [0.717, 1.165) is 18.7 Å². The Morgan fingerprint density at radius 2 is 1.84 bits per heavy atom. The fraction of sp³-hybridized carbons (Fsp3) is 0.333. The van der Waals surface area contributed by atoms with E-state index in [1.54, 1.807) is 0 Å². The van der Waals surface area contributed by atoms with Crippen LogP contribution in [0.15, 0.2) is 41.2 Å². The highest BCUT2D eigenvalue weighted by Crippen LogP contribution is 2.19. The zero-order valence-electron chi connectivity index (χ0n) is 11.5. The minimum absolute atomic E-state index is 0.387. The van der Waals surface area contributed by atoms with Gasteiger partial charge in [0, 0.05) is 24.9 Å². The minimum atomic E-state index is -0.387. The zero-order chi connectivity index (χ0) is 13.8. The first-order valence-corrected chi connectivity index (χ1v) is 6.48. The van der Waals surface area contributed by atoms with Crippen LogP contribution in [-0.4, -0.2) is 29.7 Å². The lowest BCUT2D eigenvalue weighted by atomic mass is 10.0. The van der Waals surface area contributed by atoms with Gasteiger partial charge in [-0.3, -0.25) is 0 Å². The third-order valence-corrected chi connectivity index (χ3v) is 3.14. The molecule has 0 unspecified atom stereocenters. The third-order valence-electron chi connectivity index (χ3n) is 3.14. The first-order chi connectivity index (χ1) is 9.15. The second-order valence-electron chi connectivity index (χ2n) is 4.45. The molecule has 0 spiro atoms. The zero-order valence-corrected chi connectivity index (χ0v) is 11.5. The fourth-order valence-corrected chi connectivity index (χ4v) is 1.90. The van der Waals surface area contributed by atoms with Crippen LogP contribution >= 0.6 is 0 Å². The molecule has 1 aliphatic rings. The van der Waals surface area contributed by atoms with E-state index in [1.165, 1.54) is 5.56 Å². The number of carbonyl (C=O) groups excluding carboxylic acids is 1. The Bertz CT molecular complexity index is 526. The molecule has 1 aromatic carbocycles. The molecule has 19 heavy (non-hydrogen) atoms. The summed E-state index contributed by atoms with van der Waals surface area (Å²) in [7, 11) is 0. The molecule has 1 heterocycles. The normalized spacial score (nSPS) is 16.5. The number of carbonyl (C=O) groups is 1. The van der Waals surface area contributed by atoms with Gasteiger partial charge < -0.3 is 9.74 Å². The molecular weight excluding hydrogens is 240 g/mol. The summed E-state index contributed by atoms with van der Waals surface area (Å²) in [6.45, 7) is 7.80. The van der Waals surface area contributed by atoms with Gasteiger partial charge in [-0.2, -0.15) is 0 Å². The molecule has 0 bridgehead atoms. The minimum Gasteiger partial charge on any atom is -0.377 e. The van der Waals surface area contributed by atoms with Crippen LogP contribution in [0.5, 0.6) is 0 Å². The average Bonchev–Trinajstić information content (AvgIpc) is 2.78. The van der Waals surface area contributed by atoms with Crippen molar-refractivity contribution in [1.82, 2.24) is 4.90 Å². The number of hydrogen-bond donors (Lipinski definition) is 0. The van der Waals surface area contributed by atoms with Crippen LogP contribution < -0.4 is 0 Å². The molecule has 0 amide bonds. The molecular formula is C15H18N2O2. The Balaban J connectivity index is 2.34. The van der Waals surface area contributed by atoms with Crippen LogP contribution in [0.3, 0.4) is 0 Å². The van der Waals surface area contributed by atoms with E-state index in [2.05, 4.69) is 5.16 Å². The summed E-state index contributed by atoms with van der Waals surface area (Å²) in [4.78, 5) is 18.6. The van der Waals surface area contributed by atoms with E-state index in [-0.39, 0.29) is 5.97 Å². The number of hydrogen-bond acceptors (Lipinski definition) is 4. The van der Waals surface area contributed by atoms with Crippen molar-refractivity contribution < 1.29 is 9.63 Å². The van der Waals surface area contributed by atoms with Crippen molar-refractivity contribution in [2.75, 3.05) is 13.1 Å². The van der Waals surface area contributed by atoms with Crippen molar-refractivity contribution in [3.8, 4) is 0 Å². The van der Waals surface area contributed by atoms with E-state index in [1.807, 2.05) is 56.1 Å². The van der Waals surface area contributed by atoms with Gasteiger partial charge in [0.2, 0.25) is 0 Å². The van der Waals surface area contributed by atoms with Crippen LogP contribution in [0, 0.1) is 6.92 Å². The topological polar surface area (TPSA) is 41.9 Å². The van der Waals surface area contributed by atoms with Crippen molar-refractivity contribution in [2.45, 2.75) is 20.8 Å². The lowest BCUT2D eigenvalue weighted by Crippen LogP contribution is -2.19. The van der Waals surface area contributed by atoms with Crippen molar-refractivity contribution in [1.29, 1.82) is 0 Å². The van der Waals surface area contributed by atoms with Crippen LogP contribution in [0.4, 0.5) is 0 Å². The van der Waals surface area contributed by atoms with Gasteiger partial charge >= 0.3 is 5.97 Å². The Morgan fingerprint density at radius 3 is 2.42 bits per heavy atom. The van der Waals surface area contributed by atoms with Gasteiger partial charge in [0.25, 0.3) is 0 Å². The van der Waals surface area contributed by atoms with Crippen molar-refractivity contribution >= 4 is 11.7 Å². The number of benzene rings is 1. The van der Waals surface area contributed by atoms with Crippen LogP contribution in [0.2, 0.25) is 0 Å². The van der Waals surface area contributed by atoms with E-state index in [4.69, 9.17) is 4.84 Å². The van der Waals surface area contributed by atoms with E-state index < -0.39 is 0 Å².